The Morgan fingerprint density at radius 3 is 2.43 bits per heavy atom. The van der Waals surface area contributed by atoms with Crippen LogP contribution in [0.3, 0.4) is 0 Å². The number of benzene rings is 1. The first-order chi connectivity index (χ1) is 10.3. The molecule has 0 saturated heterocycles. The van der Waals surface area contributed by atoms with E-state index in [0.717, 1.165) is 24.2 Å². The van der Waals surface area contributed by atoms with E-state index in [1.54, 1.807) is 0 Å². The van der Waals surface area contributed by atoms with Crippen molar-refractivity contribution >= 4 is 0 Å². The molecule has 0 unspecified atom stereocenters. The number of nitrogens with zero attached hydrogens (tertiary/aromatic N) is 2. The van der Waals surface area contributed by atoms with Gasteiger partial charge in [0.25, 0.3) is 0 Å². The minimum absolute atomic E-state index is 0.0762. The first-order valence-electron chi connectivity index (χ1n) is 7.31. The average Bonchev–Trinajstić information content (AvgIpc) is 2.54. The van der Waals surface area contributed by atoms with Crippen molar-refractivity contribution in [2.75, 3.05) is 0 Å². The first kappa shape index (κ1) is 14.9. The zero-order chi connectivity index (χ0) is 14.9. The highest BCUT2D eigenvalue weighted by Crippen LogP contribution is 2.23. The molecule has 0 spiro atoms. The largest absolute Gasteiger partial charge is 0.490 e. The summed E-state index contributed by atoms with van der Waals surface area (Å²) in [6.07, 6.45) is 7.95. The standard InChI is InChI=1S/C17H19N3O/c18-10-15(11-19)13-20-12-14-6-8-17(9-7-14)21-16-4-2-1-3-5-16/h6-9,13,16,20H,1-5,12H2. The van der Waals surface area contributed by atoms with Gasteiger partial charge in [0, 0.05) is 12.7 Å². The van der Waals surface area contributed by atoms with Crippen molar-refractivity contribution < 1.29 is 4.74 Å². The Kier molecular flexibility index (Phi) is 5.67. The van der Waals surface area contributed by atoms with Crippen molar-refractivity contribution in [2.24, 2.45) is 0 Å². The maximum atomic E-state index is 8.62. The van der Waals surface area contributed by atoms with Gasteiger partial charge in [-0.15, -0.1) is 0 Å². The minimum atomic E-state index is 0.0762. The fourth-order valence-electron chi connectivity index (χ4n) is 2.42. The average molecular weight is 281 g/mol. The summed E-state index contributed by atoms with van der Waals surface area (Å²) in [6.45, 7) is 0.580. The lowest BCUT2D eigenvalue weighted by molar-refractivity contribution is 0.155. The third-order valence-electron chi connectivity index (χ3n) is 3.57. The Morgan fingerprint density at radius 2 is 1.81 bits per heavy atom. The summed E-state index contributed by atoms with van der Waals surface area (Å²) in [4.78, 5) is 0. The lowest BCUT2D eigenvalue weighted by Crippen LogP contribution is -2.19. The van der Waals surface area contributed by atoms with Crippen LogP contribution in [-0.4, -0.2) is 6.10 Å². The fraction of sp³-hybridized carbons (Fsp3) is 0.412. The van der Waals surface area contributed by atoms with Crippen LogP contribution in [0.4, 0.5) is 0 Å². The van der Waals surface area contributed by atoms with Crippen LogP contribution in [0.5, 0.6) is 5.75 Å². The molecule has 0 amide bonds. The molecule has 0 atom stereocenters. The molecule has 0 aliphatic heterocycles. The van der Waals surface area contributed by atoms with E-state index in [2.05, 4.69) is 5.32 Å². The molecule has 0 radical (unpaired) electrons. The molecule has 1 aliphatic rings. The van der Waals surface area contributed by atoms with Crippen LogP contribution >= 0.6 is 0 Å². The van der Waals surface area contributed by atoms with Crippen LogP contribution in [0.15, 0.2) is 36.0 Å². The van der Waals surface area contributed by atoms with Gasteiger partial charge in [-0.1, -0.05) is 18.6 Å². The zero-order valence-corrected chi connectivity index (χ0v) is 12.0. The van der Waals surface area contributed by atoms with Gasteiger partial charge in [0.2, 0.25) is 0 Å². The van der Waals surface area contributed by atoms with E-state index in [1.807, 2.05) is 36.4 Å². The molecule has 0 aromatic heterocycles. The smallest absolute Gasteiger partial charge is 0.145 e. The molecule has 0 heterocycles. The maximum Gasteiger partial charge on any atom is 0.145 e. The van der Waals surface area contributed by atoms with Crippen molar-refractivity contribution in [3.05, 3.63) is 41.6 Å². The van der Waals surface area contributed by atoms with Crippen LogP contribution in [0.1, 0.15) is 37.7 Å². The first-order valence-corrected chi connectivity index (χ1v) is 7.31. The van der Waals surface area contributed by atoms with Crippen LogP contribution in [0.25, 0.3) is 0 Å². The highest BCUT2D eigenvalue weighted by Gasteiger charge is 2.14. The van der Waals surface area contributed by atoms with Gasteiger partial charge in [-0.2, -0.15) is 10.5 Å². The highest BCUT2D eigenvalue weighted by atomic mass is 16.5. The number of allylic oxidation sites excluding steroid dienone is 1. The third kappa shape index (κ3) is 4.85. The van der Waals surface area contributed by atoms with Crippen molar-refractivity contribution in [1.29, 1.82) is 10.5 Å². The van der Waals surface area contributed by atoms with E-state index in [-0.39, 0.29) is 5.57 Å². The third-order valence-corrected chi connectivity index (χ3v) is 3.57. The summed E-state index contributed by atoms with van der Waals surface area (Å²) in [6, 6.07) is 11.6. The van der Waals surface area contributed by atoms with Crippen LogP contribution in [0.2, 0.25) is 0 Å². The molecule has 1 aromatic carbocycles. The van der Waals surface area contributed by atoms with Crippen LogP contribution in [0, 0.1) is 22.7 Å². The van der Waals surface area contributed by atoms with E-state index < -0.39 is 0 Å². The number of ether oxygens (including phenoxy) is 1. The Balaban J connectivity index is 1.83. The predicted molar refractivity (Wildman–Crippen MR) is 80.1 cm³/mol. The monoisotopic (exact) mass is 281 g/mol. The van der Waals surface area contributed by atoms with Crippen molar-refractivity contribution in [3.63, 3.8) is 0 Å². The summed E-state index contributed by atoms with van der Waals surface area (Å²) in [5.41, 5.74) is 1.16. The molecule has 1 aliphatic carbocycles. The maximum absolute atomic E-state index is 8.62. The molecule has 1 N–H and O–H groups in total. The topological polar surface area (TPSA) is 68.8 Å². The second-order valence-corrected chi connectivity index (χ2v) is 5.18. The summed E-state index contributed by atoms with van der Waals surface area (Å²) in [7, 11) is 0. The van der Waals surface area contributed by atoms with Crippen LogP contribution in [-0.2, 0) is 6.54 Å². The van der Waals surface area contributed by atoms with Crippen molar-refractivity contribution in [1.82, 2.24) is 5.32 Å². The van der Waals surface area contributed by atoms with Crippen molar-refractivity contribution in [3.8, 4) is 17.9 Å². The molecule has 4 heteroatoms. The summed E-state index contributed by atoms with van der Waals surface area (Å²) < 4.78 is 5.97. The fourth-order valence-corrected chi connectivity index (χ4v) is 2.42. The van der Waals surface area contributed by atoms with E-state index in [9.17, 15) is 0 Å². The van der Waals surface area contributed by atoms with E-state index in [1.165, 1.54) is 25.5 Å². The molecule has 1 fully saturated rings. The normalized spacial score (nSPS) is 14.6. The van der Waals surface area contributed by atoms with Gasteiger partial charge in [0.05, 0.1) is 6.10 Å². The quantitative estimate of drug-likeness (QED) is 0.840. The Bertz CT molecular complexity index is 541. The Hall–Kier alpha value is -2.46. The molecule has 108 valence electrons. The molecule has 2 rings (SSSR count). The second kappa shape index (κ2) is 7.97. The highest BCUT2D eigenvalue weighted by molar-refractivity contribution is 5.34. The molecule has 0 bridgehead atoms. The second-order valence-electron chi connectivity index (χ2n) is 5.18. The molecule has 4 nitrogen and oxygen atoms in total. The van der Waals surface area contributed by atoms with Gasteiger partial charge in [-0.25, -0.2) is 0 Å². The minimum Gasteiger partial charge on any atom is -0.490 e. The molecular weight excluding hydrogens is 262 g/mol. The SMILES string of the molecule is N#CC(C#N)=CNCc1ccc(OC2CCCCC2)cc1. The molecule has 21 heavy (non-hydrogen) atoms. The predicted octanol–water partition coefficient (Wildman–Crippen LogP) is 3.42. The number of hydrogen-bond donors (Lipinski definition) is 1. The number of nitrogens with one attached hydrogen (secondary N) is 1. The van der Waals surface area contributed by atoms with Gasteiger partial charge in [0.15, 0.2) is 0 Å². The summed E-state index contributed by atoms with van der Waals surface area (Å²) >= 11 is 0. The zero-order valence-electron chi connectivity index (χ0n) is 12.0. The number of nitriles is 2. The lowest BCUT2D eigenvalue weighted by atomic mass is 9.98. The van der Waals surface area contributed by atoms with Gasteiger partial charge < -0.3 is 10.1 Å². The summed E-state index contributed by atoms with van der Waals surface area (Å²) in [5.74, 6) is 0.913. The van der Waals surface area contributed by atoms with Crippen molar-refractivity contribution in [2.45, 2.75) is 44.8 Å². The van der Waals surface area contributed by atoms with E-state index in [0.29, 0.717) is 12.6 Å². The van der Waals surface area contributed by atoms with Gasteiger partial charge in [-0.05, 0) is 43.4 Å². The Morgan fingerprint density at radius 1 is 1.14 bits per heavy atom. The molecule has 1 saturated carbocycles. The van der Waals surface area contributed by atoms with Gasteiger partial charge >= 0.3 is 0 Å². The van der Waals surface area contributed by atoms with Gasteiger partial charge in [-0.3, -0.25) is 0 Å². The summed E-state index contributed by atoms with van der Waals surface area (Å²) in [5, 5.41) is 20.2. The molecular formula is C17H19N3O. The number of hydrogen-bond acceptors (Lipinski definition) is 4. The van der Waals surface area contributed by atoms with Crippen LogP contribution < -0.4 is 10.1 Å². The number of rotatable bonds is 5. The van der Waals surface area contributed by atoms with E-state index >= 15 is 0 Å². The Labute approximate surface area is 125 Å². The van der Waals surface area contributed by atoms with Gasteiger partial charge in [0.1, 0.15) is 23.5 Å². The molecule has 1 aromatic rings. The van der Waals surface area contributed by atoms with E-state index in [4.69, 9.17) is 15.3 Å². The lowest BCUT2D eigenvalue weighted by Gasteiger charge is -2.23.